The van der Waals surface area contributed by atoms with Gasteiger partial charge in [0.1, 0.15) is 0 Å². The maximum atomic E-state index is 12.2. The minimum Gasteiger partial charge on any atom is -0.493 e. The SMILES string of the molecule is CCCOc1ccc(/C=C2/N=C(c3cc([N+](=O)[O-])ccc3Cl)OC2=O)cc1OC. The normalized spacial score (nSPS) is 14.5. The summed E-state index contributed by atoms with van der Waals surface area (Å²) < 4.78 is 16.1. The first-order valence-electron chi connectivity index (χ1n) is 8.70. The van der Waals surface area contributed by atoms with Gasteiger partial charge in [0.2, 0.25) is 5.90 Å². The summed E-state index contributed by atoms with van der Waals surface area (Å²) in [7, 11) is 1.52. The fraction of sp³-hybridized carbons (Fsp3) is 0.200. The van der Waals surface area contributed by atoms with Crippen molar-refractivity contribution in [3.63, 3.8) is 0 Å². The van der Waals surface area contributed by atoms with Crippen LogP contribution in [0.15, 0.2) is 47.1 Å². The van der Waals surface area contributed by atoms with Gasteiger partial charge in [-0.25, -0.2) is 9.79 Å². The van der Waals surface area contributed by atoms with Gasteiger partial charge >= 0.3 is 5.97 Å². The van der Waals surface area contributed by atoms with Gasteiger partial charge in [0.05, 0.1) is 29.2 Å². The predicted molar refractivity (Wildman–Crippen MR) is 107 cm³/mol. The number of rotatable bonds is 7. The number of halogens is 1. The van der Waals surface area contributed by atoms with Gasteiger partial charge in [0.25, 0.3) is 5.69 Å². The van der Waals surface area contributed by atoms with Gasteiger partial charge in [-0.1, -0.05) is 24.6 Å². The number of non-ortho nitro benzene ring substituents is 1. The van der Waals surface area contributed by atoms with Crippen molar-refractivity contribution < 1.29 is 23.9 Å². The number of nitrogens with zero attached hydrogens (tertiary/aromatic N) is 2. The minimum absolute atomic E-state index is 0.0341. The van der Waals surface area contributed by atoms with E-state index in [1.54, 1.807) is 18.2 Å². The largest absolute Gasteiger partial charge is 0.493 e. The number of aliphatic imine (C=N–C) groups is 1. The molecule has 1 heterocycles. The fourth-order valence-corrected chi connectivity index (χ4v) is 2.78. The first-order valence-corrected chi connectivity index (χ1v) is 9.08. The lowest BCUT2D eigenvalue weighted by Gasteiger charge is -2.10. The lowest BCUT2D eigenvalue weighted by molar-refractivity contribution is -0.384. The number of ether oxygens (including phenoxy) is 3. The van der Waals surface area contributed by atoms with Crippen LogP contribution in [0.3, 0.4) is 0 Å². The summed E-state index contributed by atoms with van der Waals surface area (Å²) in [5, 5.41) is 11.2. The summed E-state index contributed by atoms with van der Waals surface area (Å²) in [6.07, 6.45) is 2.38. The molecule has 0 amide bonds. The number of esters is 1. The number of hydrogen-bond donors (Lipinski definition) is 0. The first kappa shape index (κ1) is 20.3. The zero-order valence-electron chi connectivity index (χ0n) is 15.7. The molecule has 9 heteroatoms. The second-order valence-electron chi connectivity index (χ2n) is 6.02. The Hall–Kier alpha value is -3.39. The molecule has 0 N–H and O–H groups in total. The smallest absolute Gasteiger partial charge is 0.363 e. The zero-order valence-corrected chi connectivity index (χ0v) is 16.4. The van der Waals surface area contributed by atoms with Crippen LogP contribution in [0.1, 0.15) is 24.5 Å². The Balaban J connectivity index is 1.93. The van der Waals surface area contributed by atoms with Crippen molar-refractivity contribution in [3.8, 4) is 11.5 Å². The van der Waals surface area contributed by atoms with Gasteiger partial charge < -0.3 is 14.2 Å². The summed E-state index contributed by atoms with van der Waals surface area (Å²) >= 11 is 6.09. The summed E-state index contributed by atoms with van der Waals surface area (Å²) in [6, 6.07) is 9.02. The Morgan fingerprint density at radius 1 is 1.24 bits per heavy atom. The van der Waals surface area contributed by atoms with Crippen molar-refractivity contribution in [2.75, 3.05) is 13.7 Å². The van der Waals surface area contributed by atoms with Crippen LogP contribution < -0.4 is 9.47 Å². The van der Waals surface area contributed by atoms with E-state index in [9.17, 15) is 14.9 Å². The molecule has 0 bridgehead atoms. The average molecular weight is 417 g/mol. The van der Waals surface area contributed by atoms with Gasteiger partial charge in [0.15, 0.2) is 17.2 Å². The molecule has 0 saturated carbocycles. The van der Waals surface area contributed by atoms with E-state index in [1.807, 2.05) is 6.92 Å². The molecular formula is C20H17ClN2O6. The number of carbonyl (C=O) groups excluding carboxylic acids is 1. The topological polar surface area (TPSA) is 100 Å². The molecule has 0 atom stereocenters. The highest BCUT2D eigenvalue weighted by molar-refractivity contribution is 6.34. The molecule has 2 aromatic rings. The molecule has 8 nitrogen and oxygen atoms in total. The van der Waals surface area contributed by atoms with Crippen LogP contribution in [0.4, 0.5) is 5.69 Å². The number of carbonyl (C=O) groups is 1. The minimum atomic E-state index is -0.687. The molecule has 3 rings (SSSR count). The number of nitro groups is 1. The van der Waals surface area contributed by atoms with E-state index in [-0.39, 0.29) is 27.9 Å². The Morgan fingerprint density at radius 3 is 2.72 bits per heavy atom. The molecule has 0 spiro atoms. The van der Waals surface area contributed by atoms with Crippen molar-refractivity contribution >= 4 is 35.2 Å². The van der Waals surface area contributed by atoms with Crippen LogP contribution in [0.5, 0.6) is 11.5 Å². The molecule has 2 aromatic carbocycles. The first-order chi connectivity index (χ1) is 13.9. The van der Waals surface area contributed by atoms with Gasteiger partial charge in [-0.2, -0.15) is 0 Å². The predicted octanol–water partition coefficient (Wildman–Crippen LogP) is 4.39. The van der Waals surface area contributed by atoms with E-state index >= 15 is 0 Å². The van der Waals surface area contributed by atoms with Crippen LogP contribution in [0.2, 0.25) is 5.02 Å². The number of nitro benzene ring substituents is 1. The quantitative estimate of drug-likeness (QED) is 0.287. The van der Waals surface area contributed by atoms with E-state index in [0.717, 1.165) is 6.42 Å². The lowest BCUT2D eigenvalue weighted by Crippen LogP contribution is -2.06. The Bertz CT molecular complexity index is 1030. The molecule has 0 aromatic heterocycles. The summed E-state index contributed by atoms with van der Waals surface area (Å²) in [6.45, 7) is 2.56. The van der Waals surface area contributed by atoms with E-state index in [0.29, 0.717) is 23.7 Å². The van der Waals surface area contributed by atoms with Crippen LogP contribution >= 0.6 is 11.6 Å². The summed E-state index contributed by atoms with van der Waals surface area (Å²) in [5.74, 6) is 0.334. The highest BCUT2D eigenvalue weighted by Crippen LogP contribution is 2.31. The number of methoxy groups -OCH3 is 1. The Kier molecular flexibility index (Phi) is 6.13. The van der Waals surface area contributed by atoms with Crippen molar-refractivity contribution in [1.82, 2.24) is 0 Å². The molecule has 0 radical (unpaired) electrons. The van der Waals surface area contributed by atoms with Crippen molar-refractivity contribution in [2.45, 2.75) is 13.3 Å². The van der Waals surface area contributed by atoms with E-state index < -0.39 is 10.9 Å². The molecule has 0 aliphatic carbocycles. The van der Waals surface area contributed by atoms with E-state index in [1.165, 1.54) is 31.4 Å². The molecular weight excluding hydrogens is 400 g/mol. The highest BCUT2D eigenvalue weighted by Gasteiger charge is 2.27. The Morgan fingerprint density at radius 2 is 2.03 bits per heavy atom. The van der Waals surface area contributed by atoms with Crippen LogP contribution in [-0.2, 0) is 9.53 Å². The molecule has 1 aliphatic rings. The van der Waals surface area contributed by atoms with E-state index in [2.05, 4.69) is 4.99 Å². The molecule has 0 fully saturated rings. The van der Waals surface area contributed by atoms with Gasteiger partial charge in [-0.3, -0.25) is 10.1 Å². The van der Waals surface area contributed by atoms with Crippen LogP contribution in [0, 0.1) is 10.1 Å². The second kappa shape index (κ2) is 8.74. The monoisotopic (exact) mass is 416 g/mol. The van der Waals surface area contributed by atoms with Crippen LogP contribution in [0.25, 0.3) is 6.08 Å². The molecule has 0 unspecified atom stereocenters. The van der Waals surface area contributed by atoms with Crippen molar-refractivity contribution in [3.05, 3.63) is 68.4 Å². The van der Waals surface area contributed by atoms with E-state index in [4.69, 9.17) is 25.8 Å². The third-order valence-electron chi connectivity index (χ3n) is 3.96. The maximum Gasteiger partial charge on any atom is 0.363 e. The standard InChI is InChI=1S/C20H17ClN2O6/c1-3-8-28-17-7-4-12(10-18(17)27-2)9-16-20(24)29-19(22-16)14-11-13(23(25)26)5-6-15(14)21/h4-7,9-11H,3,8H2,1-2H3/b16-9+. The maximum absolute atomic E-state index is 12.2. The summed E-state index contributed by atoms with van der Waals surface area (Å²) in [4.78, 5) is 26.8. The summed E-state index contributed by atoms with van der Waals surface area (Å²) in [5.41, 5.74) is 0.658. The average Bonchev–Trinajstić information content (AvgIpc) is 3.07. The third kappa shape index (κ3) is 4.55. The van der Waals surface area contributed by atoms with Crippen LogP contribution in [-0.4, -0.2) is 30.5 Å². The van der Waals surface area contributed by atoms with Crippen molar-refractivity contribution in [1.29, 1.82) is 0 Å². The van der Waals surface area contributed by atoms with Gasteiger partial charge in [0, 0.05) is 12.1 Å². The zero-order chi connectivity index (χ0) is 21.0. The Labute approximate surface area is 171 Å². The highest BCUT2D eigenvalue weighted by atomic mass is 35.5. The molecule has 1 aliphatic heterocycles. The lowest BCUT2D eigenvalue weighted by atomic mass is 10.1. The molecule has 0 saturated heterocycles. The number of benzene rings is 2. The number of hydrogen-bond acceptors (Lipinski definition) is 7. The van der Waals surface area contributed by atoms with Crippen molar-refractivity contribution in [2.24, 2.45) is 4.99 Å². The molecule has 29 heavy (non-hydrogen) atoms. The molecule has 150 valence electrons. The third-order valence-corrected chi connectivity index (χ3v) is 4.29. The fourth-order valence-electron chi connectivity index (χ4n) is 2.58. The van der Waals surface area contributed by atoms with Gasteiger partial charge in [-0.15, -0.1) is 0 Å². The second-order valence-corrected chi connectivity index (χ2v) is 6.42. The number of cyclic esters (lactones) is 1. The van der Waals surface area contributed by atoms with Gasteiger partial charge in [-0.05, 0) is 36.3 Å².